The highest BCUT2D eigenvalue weighted by Crippen LogP contribution is 2.16. The molecule has 106 valence electrons. The van der Waals surface area contributed by atoms with Gasteiger partial charge in [-0.25, -0.2) is 9.97 Å². The normalized spacial score (nSPS) is 19.1. The third kappa shape index (κ3) is 5.03. The number of nitrogens with one attached hydrogen (secondary N) is 1. The largest absolute Gasteiger partial charge is 0.478 e. The molecule has 0 aromatic carbocycles. The minimum atomic E-state index is 0.589. The molecule has 0 saturated carbocycles. The Kier molecular flexibility index (Phi) is 5.88. The minimum absolute atomic E-state index is 0.589. The quantitative estimate of drug-likeness (QED) is 0.817. The lowest BCUT2D eigenvalue weighted by Gasteiger charge is -2.22. The molecule has 1 aromatic heterocycles. The second-order valence-electron chi connectivity index (χ2n) is 4.89. The zero-order chi connectivity index (χ0) is 13.3. The van der Waals surface area contributed by atoms with Gasteiger partial charge < -0.3 is 14.8 Å². The van der Waals surface area contributed by atoms with E-state index in [2.05, 4.69) is 22.2 Å². The molecule has 1 fully saturated rings. The number of aromatic nitrogens is 2. The van der Waals surface area contributed by atoms with E-state index in [-0.39, 0.29) is 0 Å². The van der Waals surface area contributed by atoms with E-state index in [4.69, 9.17) is 9.47 Å². The van der Waals surface area contributed by atoms with Gasteiger partial charge >= 0.3 is 0 Å². The van der Waals surface area contributed by atoms with Gasteiger partial charge in [0.05, 0.1) is 19.3 Å². The molecule has 5 heteroatoms. The van der Waals surface area contributed by atoms with E-state index in [1.807, 2.05) is 0 Å². The Balaban J connectivity index is 1.72. The second kappa shape index (κ2) is 7.94. The molecule has 2 rings (SSSR count). The molecule has 0 bridgehead atoms. The first-order valence-electron chi connectivity index (χ1n) is 7.17. The number of ether oxygens (including phenoxy) is 2. The Morgan fingerprint density at radius 1 is 1.26 bits per heavy atom. The molecule has 1 unspecified atom stereocenters. The lowest BCUT2D eigenvalue weighted by atomic mass is 9.97. The van der Waals surface area contributed by atoms with Crippen LogP contribution in [0.5, 0.6) is 11.8 Å². The molecule has 0 amide bonds. The van der Waals surface area contributed by atoms with Crippen LogP contribution in [0.4, 0.5) is 0 Å². The van der Waals surface area contributed by atoms with E-state index in [0.717, 1.165) is 31.8 Å². The van der Waals surface area contributed by atoms with Crippen molar-refractivity contribution in [3.05, 3.63) is 12.4 Å². The monoisotopic (exact) mass is 265 g/mol. The fourth-order valence-corrected chi connectivity index (χ4v) is 2.19. The lowest BCUT2D eigenvalue weighted by Crippen LogP contribution is -2.30. The van der Waals surface area contributed by atoms with Gasteiger partial charge in [-0.1, -0.05) is 6.92 Å². The zero-order valence-corrected chi connectivity index (χ0v) is 11.6. The van der Waals surface area contributed by atoms with Gasteiger partial charge in [-0.2, -0.15) is 0 Å². The van der Waals surface area contributed by atoms with Crippen LogP contribution in [-0.4, -0.2) is 36.3 Å². The predicted molar refractivity (Wildman–Crippen MR) is 73.5 cm³/mol. The highest BCUT2D eigenvalue weighted by Gasteiger charge is 2.12. The number of nitrogens with zero attached hydrogens (tertiary/aromatic N) is 2. The van der Waals surface area contributed by atoms with Gasteiger partial charge in [0.2, 0.25) is 11.8 Å². The maximum atomic E-state index is 5.67. The Morgan fingerprint density at radius 3 is 2.74 bits per heavy atom. The van der Waals surface area contributed by atoms with E-state index < -0.39 is 0 Å². The molecule has 5 nitrogen and oxygen atoms in total. The average Bonchev–Trinajstić information content (AvgIpc) is 2.47. The summed E-state index contributed by atoms with van der Waals surface area (Å²) in [5, 5.41) is 3.41. The van der Waals surface area contributed by atoms with E-state index in [0.29, 0.717) is 25.0 Å². The van der Waals surface area contributed by atoms with Crippen LogP contribution in [0.1, 0.15) is 32.6 Å². The van der Waals surface area contributed by atoms with Gasteiger partial charge in [0, 0.05) is 0 Å². The topological polar surface area (TPSA) is 56.3 Å². The molecule has 0 spiro atoms. The molecular weight excluding hydrogens is 242 g/mol. The van der Waals surface area contributed by atoms with Crippen molar-refractivity contribution in [3.63, 3.8) is 0 Å². The van der Waals surface area contributed by atoms with Gasteiger partial charge in [0.1, 0.15) is 6.33 Å². The van der Waals surface area contributed by atoms with Gasteiger partial charge in [-0.3, -0.25) is 0 Å². The van der Waals surface area contributed by atoms with Gasteiger partial charge in [0.25, 0.3) is 0 Å². The summed E-state index contributed by atoms with van der Waals surface area (Å²) in [5.74, 6) is 1.92. The maximum Gasteiger partial charge on any atom is 0.220 e. The smallest absolute Gasteiger partial charge is 0.220 e. The standard InChI is InChI=1S/C14H23N3O2/c1-2-7-18-13-9-14(17-11-16-13)19-8-5-12-4-3-6-15-10-12/h9,11-12,15H,2-8,10H2,1H3. The van der Waals surface area contributed by atoms with Crippen LogP contribution in [0.15, 0.2) is 12.4 Å². The minimum Gasteiger partial charge on any atom is -0.478 e. The molecule has 0 radical (unpaired) electrons. The van der Waals surface area contributed by atoms with Crippen molar-refractivity contribution in [1.82, 2.24) is 15.3 Å². The van der Waals surface area contributed by atoms with Crippen LogP contribution in [-0.2, 0) is 0 Å². The number of rotatable bonds is 7. The van der Waals surface area contributed by atoms with Crippen LogP contribution < -0.4 is 14.8 Å². The van der Waals surface area contributed by atoms with Crippen molar-refractivity contribution < 1.29 is 9.47 Å². The van der Waals surface area contributed by atoms with Crippen LogP contribution in [0.2, 0.25) is 0 Å². The van der Waals surface area contributed by atoms with E-state index >= 15 is 0 Å². The highest BCUT2D eigenvalue weighted by molar-refractivity contribution is 5.18. The summed E-state index contributed by atoms with van der Waals surface area (Å²) >= 11 is 0. The highest BCUT2D eigenvalue weighted by atomic mass is 16.5. The molecule has 1 aliphatic rings. The summed E-state index contributed by atoms with van der Waals surface area (Å²) in [6.45, 7) is 5.71. The molecule has 0 aliphatic carbocycles. The fourth-order valence-electron chi connectivity index (χ4n) is 2.19. The Labute approximate surface area is 114 Å². The van der Waals surface area contributed by atoms with Crippen molar-refractivity contribution in [2.75, 3.05) is 26.3 Å². The molecule has 1 atom stereocenters. The van der Waals surface area contributed by atoms with Gasteiger partial charge in [-0.15, -0.1) is 0 Å². The molecule has 1 aliphatic heterocycles. The van der Waals surface area contributed by atoms with Crippen molar-refractivity contribution in [2.45, 2.75) is 32.6 Å². The summed E-state index contributed by atoms with van der Waals surface area (Å²) < 4.78 is 11.1. The van der Waals surface area contributed by atoms with Gasteiger partial charge in [0.15, 0.2) is 0 Å². The fraction of sp³-hybridized carbons (Fsp3) is 0.714. The van der Waals surface area contributed by atoms with E-state index in [9.17, 15) is 0 Å². The number of hydrogen-bond acceptors (Lipinski definition) is 5. The summed E-state index contributed by atoms with van der Waals surface area (Å²) in [6, 6.07) is 1.76. The molecule has 19 heavy (non-hydrogen) atoms. The van der Waals surface area contributed by atoms with E-state index in [1.54, 1.807) is 6.07 Å². The Bertz CT molecular complexity index is 367. The van der Waals surface area contributed by atoms with E-state index in [1.165, 1.54) is 19.2 Å². The molecule has 1 N–H and O–H groups in total. The molecular formula is C14H23N3O2. The first kappa shape index (κ1) is 14.1. The zero-order valence-electron chi connectivity index (χ0n) is 11.6. The number of hydrogen-bond donors (Lipinski definition) is 1. The summed E-state index contributed by atoms with van der Waals surface area (Å²) in [7, 11) is 0. The van der Waals surface area contributed by atoms with Crippen LogP contribution in [0.25, 0.3) is 0 Å². The maximum absolute atomic E-state index is 5.67. The summed E-state index contributed by atoms with van der Waals surface area (Å²) in [5.41, 5.74) is 0. The Morgan fingerprint density at radius 2 is 2.05 bits per heavy atom. The van der Waals surface area contributed by atoms with Crippen molar-refractivity contribution in [1.29, 1.82) is 0 Å². The van der Waals surface area contributed by atoms with Crippen LogP contribution in [0.3, 0.4) is 0 Å². The van der Waals surface area contributed by atoms with Crippen molar-refractivity contribution >= 4 is 0 Å². The first-order valence-corrected chi connectivity index (χ1v) is 7.17. The SMILES string of the molecule is CCCOc1cc(OCCC2CCCNC2)ncn1. The lowest BCUT2D eigenvalue weighted by molar-refractivity contribution is 0.243. The first-order chi connectivity index (χ1) is 9.38. The molecule has 1 aromatic rings. The third-order valence-corrected chi connectivity index (χ3v) is 3.25. The summed E-state index contributed by atoms with van der Waals surface area (Å²) in [4.78, 5) is 8.15. The van der Waals surface area contributed by atoms with Crippen LogP contribution in [0, 0.1) is 5.92 Å². The number of piperidine rings is 1. The van der Waals surface area contributed by atoms with Gasteiger partial charge in [-0.05, 0) is 44.7 Å². The second-order valence-corrected chi connectivity index (χ2v) is 4.89. The average molecular weight is 265 g/mol. The Hall–Kier alpha value is -1.36. The predicted octanol–water partition coefficient (Wildman–Crippen LogP) is 2.03. The molecule has 1 saturated heterocycles. The van der Waals surface area contributed by atoms with Crippen molar-refractivity contribution in [2.24, 2.45) is 5.92 Å². The third-order valence-electron chi connectivity index (χ3n) is 3.25. The molecule has 2 heterocycles. The van der Waals surface area contributed by atoms with Crippen molar-refractivity contribution in [3.8, 4) is 11.8 Å². The summed E-state index contributed by atoms with van der Waals surface area (Å²) in [6.07, 6.45) is 6.09. The van der Waals surface area contributed by atoms with Crippen LogP contribution >= 0.6 is 0 Å².